The number of aryl methyl sites for hydroxylation is 2. The van der Waals surface area contributed by atoms with Crippen LogP contribution in [-0.4, -0.2) is 23.1 Å². The summed E-state index contributed by atoms with van der Waals surface area (Å²) in [6.45, 7) is 4.82. The van der Waals surface area contributed by atoms with Crippen molar-refractivity contribution in [2.45, 2.75) is 45.5 Å². The maximum atomic E-state index is 15.9. The number of alkyl halides is 3. The topological polar surface area (TPSA) is 86.6 Å². The van der Waals surface area contributed by atoms with Crippen LogP contribution in [0.25, 0.3) is 11.1 Å². The summed E-state index contributed by atoms with van der Waals surface area (Å²) in [7, 11) is 0. The first-order valence-corrected chi connectivity index (χ1v) is 14.4. The summed E-state index contributed by atoms with van der Waals surface area (Å²) in [6, 6.07) is 8.58. The van der Waals surface area contributed by atoms with Gasteiger partial charge in [-0.25, -0.2) is 8.78 Å². The molecule has 0 fully saturated rings. The van der Waals surface area contributed by atoms with E-state index in [1.165, 1.54) is 19.1 Å². The number of esters is 1. The molecule has 0 saturated heterocycles. The Morgan fingerprint density at radius 1 is 1.02 bits per heavy atom. The summed E-state index contributed by atoms with van der Waals surface area (Å²) < 4.78 is 83.9. The van der Waals surface area contributed by atoms with E-state index in [2.05, 4.69) is 5.32 Å². The lowest BCUT2D eigenvalue weighted by Gasteiger charge is -2.26. The Morgan fingerprint density at radius 3 is 2.46 bits per heavy atom. The van der Waals surface area contributed by atoms with Crippen LogP contribution in [0, 0.1) is 25.5 Å². The van der Waals surface area contributed by atoms with Crippen molar-refractivity contribution in [1.82, 2.24) is 9.88 Å². The van der Waals surface area contributed by atoms with Crippen LogP contribution >= 0.6 is 11.6 Å². The Kier molecular flexibility index (Phi) is 8.94. The highest BCUT2D eigenvalue weighted by Gasteiger charge is 2.37. The Bertz CT molecular complexity index is 1920. The van der Waals surface area contributed by atoms with E-state index in [-0.39, 0.29) is 29.2 Å². The first-order chi connectivity index (χ1) is 21.7. The van der Waals surface area contributed by atoms with Crippen LogP contribution in [0.15, 0.2) is 65.6 Å². The third-order valence-corrected chi connectivity index (χ3v) is 7.92. The number of nitrogens with zero attached hydrogens (tertiary/aromatic N) is 1. The summed E-state index contributed by atoms with van der Waals surface area (Å²) in [6.07, 6.45) is -4.91. The van der Waals surface area contributed by atoms with Crippen molar-refractivity contribution in [2.24, 2.45) is 0 Å². The fourth-order valence-electron chi connectivity index (χ4n) is 5.45. The number of aromatic nitrogens is 1. The maximum Gasteiger partial charge on any atom is 0.418 e. The Hall–Kier alpha value is -4.71. The van der Waals surface area contributed by atoms with Crippen molar-refractivity contribution >= 4 is 23.5 Å². The zero-order valence-corrected chi connectivity index (χ0v) is 25.4. The number of benzene rings is 3. The molecule has 1 aliphatic heterocycles. The van der Waals surface area contributed by atoms with Gasteiger partial charge in [-0.15, -0.1) is 0 Å². The molecule has 2 heterocycles. The first kappa shape index (κ1) is 32.7. The van der Waals surface area contributed by atoms with Gasteiger partial charge in [-0.1, -0.05) is 23.7 Å². The normalized spacial score (nSPS) is 16.2. The summed E-state index contributed by atoms with van der Waals surface area (Å²) >= 11 is 5.85. The fraction of sp³-hybridized carbons (Fsp3) is 0.242. The molecule has 0 aliphatic carbocycles. The molecule has 46 heavy (non-hydrogen) atoms. The van der Waals surface area contributed by atoms with Crippen LogP contribution in [0.4, 0.5) is 22.0 Å². The molecule has 7 nitrogen and oxygen atoms in total. The molecule has 3 aromatic carbocycles. The molecule has 2 atom stereocenters. The van der Waals surface area contributed by atoms with E-state index in [1.54, 1.807) is 38.1 Å². The molecule has 0 unspecified atom stereocenters. The molecule has 1 aromatic heterocycles. The highest BCUT2D eigenvalue weighted by molar-refractivity contribution is 6.31. The Labute approximate surface area is 264 Å². The van der Waals surface area contributed by atoms with Gasteiger partial charge in [0.2, 0.25) is 5.91 Å². The van der Waals surface area contributed by atoms with Crippen LogP contribution in [0.2, 0.25) is 5.02 Å². The number of amides is 1. The molecule has 1 aliphatic rings. The minimum absolute atomic E-state index is 0.0217. The summed E-state index contributed by atoms with van der Waals surface area (Å²) in [5, 5.41) is 1.27. The zero-order chi connectivity index (χ0) is 33.5. The molecule has 4 aromatic rings. The Balaban J connectivity index is 1.82. The number of hydrogen-bond donors (Lipinski definition) is 1. The predicted molar refractivity (Wildman–Crippen MR) is 159 cm³/mol. The lowest BCUT2D eigenvalue weighted by Crippen LogP contribution is -2.41. The van der Waals surface area contributed by atoms with Crippen LogP contribution < -0.4 is 15.6 Å². The first-order valence-electron chi connectivity index (χ1n) is 14.0. The summed E-state index contributed by atoms with van der Waals surface area (Å²) in [4.78, 5) is 40.1. The van der Waals surface area contributed by atoms with Gasteiger partial charge in [0.1, 0.15) is 34.2 Å². The number of ether oxygens (including phenoxy) is 2. The number of carbonyl (C=O) groups is 2. The van der Waals surface area contributed by atoms with Crippen LogP contribution in [0.1, 0.15) is 53.2 Å². The smallest absolute Gasteiger partial charge is 0.418 e. The minimum Gasteiger partial charge on any atom is -0.466 e. The molecule has 0 spiro atoms. The van der Waals surface area contributed by atoms with E-state index < -0.39 is 69.9 Å². The molecule has 240 valence electrons. The fourth-order valence-corrected chi connectivity index (χ4v) is 5.72. The van der Waals surface area contributed by atoms with Crippen molar-refractivity contribution in [1.29, 1.82) is 0 Å². The van der Waals surface area contributed by atoms with Gasteiger partial charge in [0.25, 0.3) is 5.56 Å². The third-order valence-electron chi connectivity index (χ3n) is 7.56. The minimum atomic E-state index is -5.00. The lowest BCUT2D eigenvalue weighted by atomic mass is 9.92. The summed E-state index contributed by atoms with van der Waals surface area (Å²) in [5.74, 6) is -3.44. The van der Waals surface area contributed by atoms with Gasteiger partial charge in [0.05, 0.1) is 24.6 Å². The van der Waals surface area contributed by atoms with E-state index in [9.17, 15) is 27.6 Å². The monoisotopic (exact) mass is 660 g/mol. The number of carbonyl (C=O) groups excluding carboxylic acids is 2. The quantitative estimate of drug-likeness (QED) is 0.180. The summed E-state index contributed by atoms with van der Waals surface area (Å²) in [5.41, 5.74) is -1.60. The van der Waals surface area contributed by atoms with Gasteiger partial charge in [-0.3, -0.25) is 19.0 Å². The largest absolute Gasteiger partial charge is 0.466 e. The number of nitrogens with one attached hydrogen (secondary N) is 1. The predicted octanol–water partition coefficient (Wildman–Crippen LogP) is 7.59. The number of rotatable bonds is 4. The van der Waals surface area contributed by atoms with Crippen molar-refractivity contribution in [2.75, 3.05) is 6.61 Å². The molecule has 4 bridgehead atoms. The van der Waals surface area contributed by atoms with E-state index in [1.807, 2.05) is 0 Å². The van der Waals surface area contributed by atoms with Crippen molar-refractivity contribution in [3.05, 3.63) is 116 Å². The van der Waals surface area contributed by atoms with Crippen molar-refractivity contribution in [3.8, 4) is 22.6 Å². The highest BCUT2D eigenvalue weighted by Crippen LogP contribution is 2.41. The van der Waals surface area contributed by atoms with E-state index >= 15 is 8.78 Å². The number of fused-ring (bicyclic) bond motifs is 6. The second-order valence-corrected chi connectivity index (χ2v) is 11.0. The molecule has 1 N–H and O–H groups in total. The average Bonchev–Trinajstić information content (AvgIpc) is 2.97. The van der Waals surface area contributed by atoms with Gasteiger partial charge >= 0.3 is 12.1 Å². The molecule has 1 amide bonds. The van der Waals surface area contributed by atoms with Crippen LogP contribution in [0.5, 0.6) is 11.5 Å². The van der Waals surface area contributed by atoms with Crippen LogP contribution in [-0.2, 0) is 20.5 Å². The Morgan fingerprint density at radius 2 is 1.76 bits per heavy atom. The second-order valence-electron chi connectivity index (χ2n) is 10.7. The van der Waals surface area contributed by atoms with Crippen molar-refractivity contribution < 1.29 is 41.0 Å². The zero-order valence-electron chi connectivity index (χ0n) is 24.6. The van der Waals surface area contributed by atoms with Gasteiger partial charge in [-0.2, -0.15) is 13.2 Å². The molecule has 0 radical (unpaired) electrons. The van der Waals surface area contributed by atoms with Gasteiger partial charge in [0.15, 0.2) is 0 Å². The van der Waals surface area contributed by atoms with Gasteiger partial charge in [0, 0.05) is 22.9 Å². The molecular formula is C33H26ClF5N2O5. The third kappa shape index (κ3) is 6.21. The number of hydrogen-bond acceptors (Lipinski definition) is 5. The van der Waals surface area contributed by atoms with Crippen LogP contribution in [0.3, 0.4) is 0 Å². The van der Waals surface area contributed by atoms with E-state index in [4.69, 9.17) is 21.1 Å². The molecule has 13 heteroatoms. The van der Waals surface area contributed by atoms with E-state index in [0.29, 0.717) is 28.0 Å². The lowest BCUT2D eigenvalue weighted by molar-refractivity contribution is -0.144. The average molecular weight is 661 g/mol. The van der Waals surface area contributed by atoms with Gasteiger partial charge < -0.3 is 14.8 Å². The second kappa shape index (κ2) is 12.6. The SMILES string of the molecule is CCOC(=O)C[C@@H]1NC(=O)[C@@H](n2ccc(C(F)(F)F)c(Cl)c2=O)c2cc(ccc2F)Oc2cccc(C)c2-c2cc(C)c(F)c1c2. The molecule has 5 rings (SSSR count). The molecule has 0 saturated carbocycles. The van der Waals surface area contributed by atoms with Crippen molar-refractivity contribution in [3.63, 3.8) is 0 Å². The maximum absolute atomic E-state index is 15.9. The number of halogens is 6. The van der Waals surface area contributed by atoms with E-state index in [0.717, 1.165) is 17.7 Å². The number of pyridine rings is 1. The van der Waals surface area contributed by atoms with Gasteiger partial charge in [-0.05, 0) is 79.9 Å². The highest BCUT2D eigenvalue weighted by atomic mass is 35.5. The molecular weight excluding hydrogens is 635 g/mol. The standard InChI is InChI=1S/C33H26ClF5N2O5/c1-4-45-26(42)15-24-21-13-18(12-17(3)29(21)36)27-16(2)6-5-7-25(27)46-19-8-9-23(35)20(14-19)30(31(43)40-24)41-11-10-22(33(37,38)39)28(34)32(41)44/h5-14,24,30H,4,15H2,1-3H3,(H,40,43)/t24-,30-/m0/s1.